The van der Waals surface area contributed by atoms with Crippen LogP contribution in [0.15, 0.2) is 29.8 Å². The highest BCUT2D eigenvalue weighted by atomic mass is 32.2. The third-order valence-corrected chi connectivity index (χ3v) is 6.86. The molecule has 1 aliphatic rings. The van der Waals surface area contributed by atoms with Gasteiger partial charge in [-0.3, -0.25) is 0 Å². The second-order valence-corrected chi connectivity index (χ2v) is 8.68. The minimum absolute atomic E-state index is 0.175. The number of hydrogen-bond acceptors (Lipinski definition) is 4. The van der Waals surface area contributed by atoms with Crippen molar-refractivity contribution in [2.24, 2.45) is 0 Å². The Hall–Kier alpha value is -1.31. The monoisotopic (exact) mass is 354 g/mol. The lowest BCUT2D eigenvalue weighted by atomic mass is 10.1. The van der Waals surface area contributed by atoms with E-state index < -0.39 is 10.0 Å². The highest BCUT2D eigenvalue weighted by Gasteiger charge is 2.34. The van der Waals surface area contributed by atoms with Gasteiger partial charge in [0.1, 0.15) is 10.8 Å². The number of halogens is 1. The number of rotatable bonds is 4. The fourth-order valence-corrected chi connectivity index (χ4v) is 5.52. The summed E-state index contributed by atoms with van der Waals surface area (Å²) < 4.78 is 40.9. The van der Waals surface area contributed by atoms with Crippen LogP contribution >= 0.6 is 11.3 Å². The number of sulfonamides is 1. The molecule has 2 aromatic rings. The number of thiazole rings is 1. The van der Waals surface area contributed by atoms with Crippen LogP contribution in [-0.4, -0.2) is 24.3 Å². The van der Waals surface area contributed by atoms with E-state index in [2.05, 4.69) is 4.98 Å². The molecular formula is C16H19FN2O2S2. The van der Waals surface area contributed by atoms with Gasteiger partial charge < -0.3 is 0 Å². The van der Waals surface area contributed by atoms with Crippen molar-refractivity contribution in [3.05, 3.63) is 51.7 Å². The fraction of sp³-hybridized carbons (Fsp3) is 0.438. The van der Waals surface area contributed by atoms with Gasteiger partial charge in [-0.1, -0.05) is 18.6 Å². The summed E-state index contributed by atoms with van der Waals surface area (Å²) in [6.45, 7) is 2.16. The van der Waals surface area contributed by atoms with Crippen molar-refractivity contribution in [1.82, 2.24) is 9.29 Å². The molecule has 0 radical (unpaired) electrons. The van der Waals surface area contributed by atoms with Crippen molar-refractivity contribution >= 4 is 21.4 Å². The molecule has 2 heterocycles. The average Bonchev–Trinajstić information content (AvgIpc) is 3.05. The molecule has 0 aliphatic carbocycles. The molecule has 0 amide bonds. The zero-order chi connectivity index (χ0) is 16.4. The fourth-order valence-electron chi connectivity index (χ4n) is 2.90. The summed E-state index contributed by atoms with van der Waals surface area (Å²) in [5, 5.41) is 2.70. The normalized spacial score (nSPS) is 19.8. The first-order chi connectivity index (χ1) is 11.0. The summed E-state index contributed by atoms with van der Waals surface area (Å²) in [6.07, 6.45) is 4.34. The number of aromatic nitrogens is 1. The molecule has 1 aliphatic heterocycles. The van der Waals surface area contributed by atoms with Crippen LogP contribution in [-0.2, 0) is 15.8 Å². The quantitative estimate of drug-likeness (QED) is 0.842. The molecule has 1 saturated heterocycles. The molecule has 1 aromatic heterocycles. The first-order valence-corrected chi connectivity index (χ1v) is 10.1. The molecular weight excluding hydrogens is 335 g/mol. The van der Waals surface area contributed by atoms with E-state index in [0.29, 0.717) is 17.7 Å². The van der Waals surface area contributed by atoms with E-state index in [9.17, 15) is 12.8 Å². The highest BCUT2D eigenvalue weighted by Crippen LogP contribution is 2.35. The summed E-state index contributed by atoms with van der Waals surface area (Å²) in [4.78, 5) is 4.29. The third-order valence-electron chi connectivity index (χ3n) is 4.13. The molecule has 23 heavy (non-hydrogen) atoms. The topological polar surface area (TPSA) is 50.3 Å². The zero-order valence-electron chi connectivity index (χ0n) is 12.9. The Bertz CT molecular complexity index is 775. The van der Waals surface area contributed by atoms with E-state index in [-0.39, 0.29) is 17.6 Å². The lowest BCUT2D eigenvalue weighted by molar-refractivity contribution is 0.255. The van der Waals surface area contributed by atoms with Gasteiger partial charge in [-0.05, 0) is 37.0 Å². The molecule has 0 spiro atoms. The minimum atomic E-state index is -3.51. The first-order valence-electron chi connectivity index (χ1n) is 7.61. The van der Waals surface area contributed by atoms with Crippen LogP contribution in [0.5, 0.6) is 0 Å². The number of aryl methyl sites for hydroxylation is 1. The van der Waals surface area contributed by atoms with Crippen molar-refractivity contribution in [3.8, 4) is 0 Å². The Kier molecular flexibility index (Phi) is 4.79. The Morgan fingerprint density at radius 1 is 1.39 bits per heavy atom. The summed E-state index contributed by atoms with van der Waals surface area (Å²) in [5.74, 6) is -0.542. The second kappa shape index (κ2) is 6.67. The van der Waals surface area contributed by atoms with Gasteiger partial charge in [-0.25, -0.2) is 17.8 Å². The SMILES string of the molecule is Cc1ccc(CS(=O)(=O)N2CCCC[C@H]2c2nccs2)cc1F. The molecule has 1 aromatic carbocycles. The van der Waals surface area contributed by atoms with Gasteiger partial charge in [0.15, 0.2) is 0 Å². The van der Waals surface area contributed by atoms with Crippen molar-refractivity contribution in [1.29, 1.82) is 0 Å². The summed E-state index contributed by atoms with van der Waals surface area (Å²) >= 11 is 1.48. The zero-order valence-corrected chi connectivity index (χ0v) is 14.5. The van der Waals surface area contributed by atoms with Crippen molar-refractivity contribution in [2.75, 3.05) is 6.54 Å². The van der Waals surface area contributed by atoms with Crippen molar-refractivity contribution in [3.63, 3.8) is 0 Å². The Morgan fingerprint density at radius 2 is 2.22 bits per heavy atom. The summed E-state index contributed by atoms with van der Waals surface area (Å²) in [7, 11) is -3.51. The maximum absolute atomic E-state index is 13.7. The molecule has 0 bridgehead atoms. The van der Waals surface area contributed by atoms with Gasteiger partial charge in [0.2, 0.25) is 10.0 Å². The number of hydrogen-bond donors (Lipinski definition) is 0. The van der Waals surface area contributed by atoms with Crippen LogP contribution in [0.25, 0.3) is 0 Å². The minimum Gasteiger partial charge on any atom is -0.248 e. The van der Waals surface area contributed by atoms with Crippen LogP contribution in [0.3, 0.4) is 0 Å². The number of nitrogens with zero attached hydrogens (tertiary/aromatic N) is 2. The van der Waals surface area contributed by atoms with Crippen molar-refractivity contribution in [2.45, 2.75) is 38.0 Å². The molecule has 7 heteroatoms. The van der Waals surface area contributed by atoms with Crippen LogP contribution in [0.1, 0.15) is 41.4 Å². The third kappa shape index (κ3) is 3.62. The van der Waals surface area contributed by atoms with Gasteiger partial charge in [0, 0.05) is 18.1 Å². The lowest BCUT2D eigenvalue weighted by Crippen LogP contribution is -2.39. The van der Waals surface area contributed by atoms with E-state index in [0.717, 1.165) is 24.3 Å². The first kappa shape index (κ1) is 16.5. The standard InChI is InChI=1S/C16H19FN2O2S2/c1-12-5-6-13(10-14(12)17)11-23(20,21)19-8-3-2-4-15(19)16-18-7-9-22-16/h5-7,9-10,15H,2-4,8,11H2,1H3/t15-/m0/s1. The molecule has 0 N–H and O–H groups in total. The van der Waals surface area contributed by atoms with Crippen LogP contribution in [0.4, 0.5) is 4.39 Å². The summed E-state index contributed by atoms with van der Waals surface area (Å²) in [6, 6.07) is 4.42. The Balaban J connectivity index is 1.86. The molecule has 4 nitrogen and oxygen atoms in total. The Morgan fingerprint density at radius 3 is 2.91 bits per heavy atom. The second-order valence-electron chi connectivity index (χ2n) is 5.83. The van der Waals surface area contributed by atoms with E-state index in [1.165, 1.54) is 17.4 Å². The number of benzene rings is 1. The van der Waals surface area contributed by atoms with E-state index in [4.69, 9.17) is 0 Å². The van der Waals surface area contributed by atoms with Gasteiger partial charge in [-0.2, -0.15) is 4.31 Å². The predicted molar refractivity (Wildman–Crippen MR) is 89.2 cm³/mol. The van der Waals surface area contributed by atoms with E-state index in [1.807, 2.05) is 5.38 Å². The van der Waals surface area contributed by atoms with Crippen LogP contribution < -0.4 is 0 Å². The number of piperidine rings is 1. The molecule has 124 valence electrons. The smallest absolute Gasteiger partial charge is 0.218 e. The van der Waals surface area contributed by atoms with Crippen molar-refractivity contribution < 1.29 is 12.8 Å². The molecule has 0 unspecified atom stereocenters. The molecule has 3 rings (SSSR count). The van der Waals surface area contributed by atoms with Gasteiger partial charge in [0.05, 0.1) is 11.8 Å². The molecule has 1 fully saturated rings. The maximum Gasteiger partial charge on any atom is 0.218 e. The molecule has 0 saturated carbocycles. The van der Waals surface area contributed by atoms with Crippen LogP contribution in [0, 0.1) is 12.7 Å². The predicted octanol–water partition coefficient (Wildman–Crippen LogP) is 3.65. The van der Waals surface area contributed by atoms with Crippen LogP contribution in [0.2, 0.25) is 0 Å². The van der Waals surface area contributed by atoms with E-state index in [1.54, 1.807) is 29.6 Å². The van der Waals surface area contributed by atoms with Gasteiger partial charge >= 0.3 is 0 Å². The molecule has 1 atom stereocenters. The lowest BCUT2D eigenvalue weighted by Gasteiger charge is -2.33. The Labute approximate surface area is 140 Å². The average molecular weight is 354 g/mol. The van der Waals surface area contributed by atoms with Gasteiger partial charge in [0.25, 0.3) is 0 Å². The van der Waals surface area contributed by atoms with Gasteiger partial charge in [-0.15, -0.1) is 11.3 Å². The summed E-state index contributed by atoms with van der Waals surface area (Å²) in [5.41, 5.74) is 1.00. The maximum atomic E-state index is 13.7. The highest BCUT2D eigenvalue weighted by molar-refractivity contribution is 7.88. The van der Waals surface area contributed by atoms with E-state index >= 15 is 0 Å². The largest absolute Gasteiger partial charge is 0.248 e.